The smallest absolute Gasteiger partial charge is 0.260 e. The highest BCUT2D eigenvalue weighted by Crippen LogP contribution is 2.26. The molecule has 1 N–H and O–H groups in total. The minimum Gasteiger partial charge on any atom is -0.392 e. The minimum atomic E-state index is -3.51. The number of sulfonamides is 1. The molecule has 5 nitrogen and oxygen atoms in total. The summed E-state index contributed by atoms with van der Waals surface area (Å²) in [5.74, 6) is 0. The Balaban J connectivity index is 2.29. The van der Waals surface area contributed by atoms with Crippen LogP contribution in [0.4, 0.5) is 0 Å². The lowest BCUT2D eigenvalue weighted by molar-refractivity contribution is 0.246. The lowest BCUT2D eigenvalue weighted by Crippen LogP contribution is -2.43. The van der Waals surface area contributed by atoms with Crippen LogP contribution in [0.1, 0.15) is 38.2 Å². The van der Waals surface area contributed by atoms with E-state index in [0.29, 0.717) is 12.1 Å². The summed E-state index contributed by atoms with van der Waals surface area (Å²) >= 11 is 0. The highest BCUT2D eigenvalue weighted by atomic mass is 32.2. The number of aliphatic hydroxyl groups is 1. The molecule has 19 heavy (non-hydrogen) atoms. The SMILES string of the molecule is CCC1CCCCN1S(=O)(=O)c1ccc(CO)cn1. The molecule has 1 aromatic rings. The molecular formula is C13H20N2O3S. The first-order valence-electron chi connectivity index (χ1n) is 6.67. The van der Waals surface area contributed by atoms with Crippen molar-refractivity contribution in [3.05, 3.63) is 23.9 Å². The van der Waals surface area contributed by atoms with Crippen LogP contribution < -0.4 is 0 Å². The van der Waals surface area contributed by atoms with Crippen molar-refractivity contribution in [3.8, 4) is 0 Å². The molecule has 1 saturated heterocycles. The molecular weight excluding hydrogens is 264 g/mol. The van der Waals surface area contributed by atoms with E-state index in [2.05, 4.69) is 4.98 Å². The van der Waals surface area contributed by atoms with Gasteiger partial charge in [0.15, 0.2) is 5.03 Å². The monoisotopic (exact) mass is 284 g/mol. The molecule has 0 radical (unpaired) electrons. The van der Waals surface area contributed by atoms with Gasteiger partial charge in [-0.2, -0.15) is 4.31 Å². The summed E-state index contributed by atoms with van der Waals surface area (Å²) in [6.45, 7) is 2.46. The zero-order valence-electron chi connectivity index (χ0n) is 11.1. The van der Waals surface area contributed by atoms with Crippen molar-refractivity contribution < 1.29 is 13.5 Å². The van der Waals surface area contributed by atoms with Crippen molar-refractivity contribution in [2.45, 2.75) is 50.3 Å². The third kappa shape index (κ3) is 2.96. The van der Waals surface area contributed by atoms with E-state index in [1.807, 2.05) is 6.92 Å². The van der Waals surface area contributed by atoms with Crippen molar-refractivity contribution in [2.24, 2.45) is 0 Å². The molecule has 1 aliphatic heterocycles. The van der Waals surface area contributed by atoms with E-state index >= 15 is 0 Å². The van der Waals surface area contributed by atoms with E-state index in [1.54, 1.807) is 10.4 Å². The molecule has 1 unspecified atom stereocenters. The highest BCUT2D eigenvalue weighted by Gasteiger charge is 2.33. The summed E-state index contributed by atoms with van der Waals surface area (Å²) in [4.78, 5) is 3.98. The molecule has 0 spiro atoms. The summed E-state index contributed by atoms with van der Waals surface area (Å²) in [7, 11) is -3.51. The molecule has 0 aliphatic carbocycles. The molecule has 6 heteroatoms. The molecule has 0 aromatic carbocycles. The van der Waals surface area contributed by atoms with Crippen LogP contribution in [0.2, 0.25) is 0 Å². The van der Waals surface area contributed by atoms with Crippen LogP contribution in [0.3, 0.4) is 0 Å². The van der Waals surface area contributed by atoms with E-state index in [0.717, 1.165) is 25.7 Å². The molecule has 0 bridgehead atoms. The van der Waals surface area contributed by atoms with Gasteiger partial charge in [-0.3, -0.25) is 0 Å². The third-order valence-corrected chi connectivity index (χ3v) is 5.47. The number of piperidine rings is 1. The van der Waals surface area contributed by atoms with Gasteiger partial charge in [-0.25, -0.2) is 13.4 Å². The Kier molecular flexibility index (Phi) is 4.54. The van der Waals surface area contributed by atoms with Crippen molar-refractivity contribution >= 4 is 10.0 Å². The Hall–Kier alpha value is -0.980. The third-order valence-electron chi connectivity index (χ3n) is 3.60. The summed E-state index contributed by atoms with van der Waals surface area (Å²) in [5, 5.41) is 9.03. The van der Waals surface area contributed by atoms with Gasteiger partial charge in [0.1, 0.15) is 0 Å². The van der Waals surface area contributed by atoms with Crippen LogP contribution in [-0.2, 0) is 16.6 Å². The van der Waals surface area contributed by atoms with Crippen molar-refractivity contribution in [1.82, 2.24) is 9.29 Å². The van der Waals surface area contributed by atoms with Crippen molar-refractivity contribution in [3.63, 3.8) is 0 Å². The van der Waals surface area contributed by atoms with Gasteiger partial charge in [0, 0.05) is 18.8 Å². The zero-order chi connectivity index (χ0) is 13.9. The second-order valence-corrected chi connectivity index (χ2v) is 6.67. The van der Waals surface area contributed by atoms with Gasteiger partial charge in [0.25, 0.3) is 10.0 Å². The van der Waals surface area contributed by atoms with Crippen molar-refractivity contribution in [2.75, 3.05) is 6.54 Å². The molecule has 2 heterocycles. The maximum absolute atomic E-state index is 12.6. The molecule has 1 aliphatic rings. The Morgan fingerprint density at radius 3 is 2.79 bits per heavy atom. The Morgan fingerprint density at radius 1 is 1.42 bits per heavy atom. The molecule has 106 valence electrons. The van der Waals surface area contributed by atoms with E-state index < -0.39 is 10.0 Å². The van der Waals surface area contributed by atoms with Gasteiger partial charge in [-0.15, -0.1) is 0 Å². The van der Waals surface area contributed by atoms with Crippen LogP contribution in [0.15, 0.2) is 23.4 Å². The fourth-order valence-electron chi connectivity index (χ4n) is 2.48. The predicted octanol–water partition coefficient (Wildman–Crippen LogP) is 1.53. The molecule has 1 fully saturated rings. The van der Waals surface area contributed by atoms with Gasteiger partial charge in [0.05, 0.1) is 6.61 Å². The van der Waals surface area contributed by atoms with Crippen LogP contribution in [-0.4, -0.2) is 35.4 Å². The fraction of sp³-hybridized carbons (Fsp3) is 0.615. The second kappa shape index (κ2) is 5.98. The number of hydrogen-bond acceptors (Lipinski definition) is 4. The van der Waals surface area contributed by atoms with Gasteiger partial charge in [0.2, 0.25) is 0 Å². The number of hydrogen-bond donors (Lipinski definition) is 1. The maximum atomic E-state index is 12.6. The number of aromatic nitrogens is 1. The number of pyridine rings is 1. The molecule has 1 aromatic heterocycles. The molecule has 0 amide bonds. The average molecular weight is 284 g/mol. The molecule has 0 saturated carbocycles. The predicted molar refractivity (Wildman–Crippen MR) is 72.0 cm³/mol. The van der Waals surface area contributed by atoms with Gasteiger partial charge >= 0.3 is 0 Å². The van der Waals surface area contributed by atoms with Gasteiger partial charge in [-0.05, 0) is 30.9 Å². The number of nitrogens with zero attached hydrogens (tertiary/aromatic N) is 2. The summed E-state index contributed by atoms with van der Waals surface area (Å²) < 4.78 is 26.7. The number of aliphatic hydroxyl groups excluding tert-OH is 1. The van der Waals surface area contributed by atoms with Crippen LogP contribution in [0, 0.1) is 0 Å². The fourth-order valence-corrected chi connectivity index (χ4v) is 4.16. The first-order valence-corrected chi connectivity index (χ1v) is 8.11. The van der Waals surface area contributed by atoms with Crippen molar-refractivity contribution in [1.29, 1.82) is 0 Å². The van der Waals surface area contributed by atoms with Crippen LogP contribution >= 0.6 is 0 Å². The summed E-state index contributed by atoms with van der Waals surface area (Å²) in [6, 6.07) is 3.16. The van der Waals surface area contributed by atoms with Crippen LogP contribution in [0.25, 0.3) is 0 Å². The van der Waals surface area contributed by atoms with E-state index in [1.165, 1.54) is 12.3 Å². The average Bonchev–Trinajstić information content (AvgIpc) is 2.47. The summed E-state index contributed by atoms with van der Waals surface area (Å²) in [6.07, 6.45) is 5.15. The van der Waals surface area contributed by atoms with E-state index in [-0.39, 0.29) is 17.7 Å². The highest BCUT2D eigenvalue weighted by molar-refractivity contribution is 7.89. The molecule has 1 atom stereocenters. The topological polar surface area (TPSA) is 70.5 Å². The first-order chi connectivity index (χ1) is 9.09. The van der Waals surface area contributed by atoms with E-state index in [9.17, 15) is 8.42 Å². The quantitative estimate of drug-likeness (QED) is 0.910. The first kappa shape index (κ1) is 14.4. The van der Waals surface area contributed by atoms with E-state index in [4.69, 9.17) is 5.11 Å². The lowest BCUT2D eigenvalue weighted by atomic mass is 10.0. The lowest BCUT2D eigenvalue weighted by Gasteiger charge is -2.33. The van der Waals surface area contributed by atoms with Gasteiger partial charge < -0.3 is 5.11 Å². The zero-order valence-corrected chi connectivity index (χ0v) is 11.9. The standard InChI is InChI=1S/C13H20N2O3S/c1-2-12-5-3-4-8-15(12)19(17,18)13-7-6-11(10-16)9-14-13/h6-7,9,12,16H,2-5,8,10H2,1H3. The summed E-state index contributed by atoms with van der Waals surface area (Å²) in [5.41, 5.74) is 0.615. The largest absolute Gasteiger partial charge is 0.392 e. The van der Waals surface area contributed by atoms with Gasteiger partial charge in [-0.1, -0.05) is 19.4 Å². The number of rotatable bonds is 4. The second-order valence-electron chi connectivity index (χ2n) is 4.84. The Bertz CT molecular complexity index is 513. The Labute approximate surface area is 114 Å². The molecule has 2 rings (SSSR count). The normalized spacial score (nSPS) is 21.5. The minimum absolute atomic E-state index is 0.0741. The van der Waals surface area contributed by atoms with Crippen LogP contribution in [0.5, 0.6) is 0 Å². The Morgan fingerprint density at radius 2 is 2.21 bits per heavy atom. The maximum Gasteiger partial charge on any atom is 0.260 e.